The number of carboxylic acid groups (broad SMARTS) is 1. The molecule has 0 aromatic heterocycles. The van der Waals surface area contributed by atoms with Crippen LogP contribution in [-0.4, -0.2) is 34.5 Å². The lowest BCUT2D eigenvalue weighted by Gasteiger charge is -2.28. The highest BCUT2D eigenvalue weighted by Crippen LogP contribution is 2.23. The molecule has 0 aliphatic carbocycles. The van der Waals surface area contributed by atoms with Gasteiger partial charge in [0.15, 0.2) is 0 Å². The van der Waals surface area contributed by atoms with Crippen LogP contribution in [0.15, 0.2) is 48.5 Å². The van der Waals surface area contributed by atoms with Gasteiger partial charge in [-0.3, -0.25) is 9.59 Å². The minimum atomic E-state index is -0.934. The highest BCUT2D eigenvalue weighted by molar-refractivity contribution is 6.30. The van der Waals surface area contributed by atoms with Gasteiger partial charge in [-0.1, -0.05) is 29.8 Å². The maximum atomic E-state index is 13.1. The molecule has 2 aromatic rings. The van der Waals surface area contributed by atoms with E-state index >= 15 is 0 Å². The SMILES string of the molecule is [2H]C(c1ccccc1OCCCCCC(=O)O)N(C(=O)c1ccc(Cl)cc1)C(C)C. The van der Waals surface area contributed by atoms with Crippen molar-refractivity contribution in [3.63, 3.8) is 0 Å². The standard InChI is InChI=1S/C23H28ClNO4/c1-17(2)25(23(28)18-11-13-20(24)14-12-18)16-19-8-5-6-9-21(19)29-15-7-3-4-10-22(26)27/h5-6,8-9,11-14,17H,3-4,7,10,15-16H2,1-2H3,(H,26,27)/i16D. The molecule has 0 aliphatic rings. The smallest absolute Gasteiger partial charge is 0.303 e. The number of carbonyl (C=O) groups is 2. The van der Waals surface area contributed by atoms with E-state index in [1.54, 1.807) is 36.4 Å². The number of rotatable bonds is 11. The molecule has 1 N–H and O–H groups in total. The first-order chi connectivity index (χ1) is 14.3. The molecule has 156 valence electrons. The average molecular weight is 419 g/mol. The summed E-state index contributed by atoms with van der Waals surface area (Å²) < 4.78 is 14.7. The Morgan fingerprint density at radius 3 is 2.45 bits per heavy atom. The van der Waals surface area contributed by atoms with Crippen LogP contribution in [0.1, 0.15) is 56.8 Å². The topological polar surface area (TPSA) is 66.8 Å². The van der Waals surface area contributed by atoms with Crippen molar-refractivity contribution in [2.75, 3.05) is 6.61 Å². The van der Waals surface area contributed by atoms with E-state index in [-0.39, 0.29) is 18.4 Å². The van der Waals surface area contributed by atoms with Gasteiger partial charge in [0.25, 0.3) is 5.91 Å². The van der Waals surface area contributed by atoms with Gasteiger partial charge in [-0.2, -0.15) is 0 Å². The van der Waals surface area contributed by atoms with Crippen molar-refractivity contribution in [1.29, 1.82) is 0 Å². The zero-order chi connectivity index (χ0) is 22.1. The first-order valence-electron chi connectivity index (χ1n) is 10.3. The van der Waals surface area contributed by atoms with E-state index in [1.807, 2.05) is 26.0 Å². The van der Waals surface area contributed by atoms with Crippen LogP contribution >= 0.6 is 11.6 Å². The monoisotopic (exact) mass is 418 g/mol. The Balaban J connectivity index is 2.11. The number of aliphatic carboxylic acids is 1. The molecule has 1 atom stereocenters. The lowest BCUT2D eigenvalue weighted by atomic mass is 10.1. The van der Waals surface area contributed by atoms with Crippen LogP contribution in [-0.2, 0) is 11.3 Å². The number of benzene rings is 2. The molecule has 1 unspecified atom stereocenters. The summed E-state index contributed by atoms with van der Waals surface area (Å²) >= 11 is 5.93. The zero-order valence-electron chi connectivity index (χ0n) is 17.8. The molecule has 0 aliphatic heterocycles. The predicted molar refractivity (Wildman–Crippen MR) is 115 cm³/mol. The Kier molecular flexibility index (Phi) is 8.38. The number of nitrogens with zero attached hydrogens (tertiary/aromatic N) is 1. The van der Waals surface area contributed by atoms with Crippen LogP contribution < -0.4 is 4.74 Å². The third kappa shape index (κ3) is 7.42. The number of carbonyl (C=O) groups excluding carboxylic acids is 1. The first-order valence-corrected chi connectivity index (χ1v) is 10.1. The molecule has 0 spiro atoms. The number of ether oxygens (including phenoxy) is 1. The quantitative estimate of drug-likeness (QED) is 0.495. The number of para-hydroxylation sites is 1. The summed E-state index contributed by atoms with van der Waals surface area (Å²) in [7, 11) is 0. The Morgan fingerprint density at radius 1 is 1.10 bits per heavy atom. The molecule has 6 heteroatoms. The Bertz CT molecular complexity index is 841. The second-order valence-electron chi connectivity index (χ2n) is 7.03. The maximum Gasteiger partial charge on any atom is 0.303 e. The maximum absolute atomic E-state index is 13.1. The van der Waals surface area contributed by atoms with Gasteiger partial charge in [-0.25, -0.2) is 0 Å². The van der Waals surface area contributed by atoms with Crippen molar-refractivity contribution in [3.8, 4) is 5.75 Å². The molecule has 0 saturated heterocycles. The second kappa shape index (κ2) is 11.5. The summed E-state index contributed by atoms with van der Waals surface area (Å²) in [5.74, 6) is -0.479. The largest absolute Gasteiger partial charge is 0.493 e. The Morgan fingerprint density at radius 2 is 1.79 bits per heavy atom. The summed E-state index contributed by atoms with van der Waals surface area (Å²) in [6, 6.07) is 13.7. The summed E-state index contributed by atoms with van der Waals surface area (Å²) in [5.41, 5.74) is 1.08. The van der Waals surface area contributed by atoms with Gasteiger partial charge in [0.2, 0.25) is 0 Å². The fourth-order valence-corrected chi connectivity index (χ4v) is 2.92. The van der Waals surface area contributed by atoms with Gasteiger partial charge in [0, 0.05) is 35.1 Å². The minimum absolute atomic E-state index is 0.154. The van der Waals surface area contributed by atoms with E-state index in [4.69, 9.17) is 22.8 Å². The van der Waals surface area contributed by atoms with E-state index in [0.29, 0.717) is 34.9 Å². The van der Waals surface area contributed by atoms with Gasteiger partial charge in [0.05, 0.1) is 7.98 Å². The van der Waals surface area contributed by atoms with Crippen LogP contribution in [0, 0.1) is 0 Å². The number of carboxylic acids is 1. The predicted octanol–water partition coefficient (Wildman–Crippen LogP) is 5.41. The van der Waals surface area contributed by atoms with E-state index in [1.165, 1.54) is 4.90 Å². The van der Waals surface area contributed by atoms with Gasteiger partial charge in [-0.15, -0.1) is 0 Å². The van der Waals surface area contributed by atoms with Crippen molar-refractivity contribution in [2.45, 2.75) is 52.1 Å². The van der Waals surface area contributed by atoms with Gasteiger partial charge >= 0.3 is 5.97 Å². The van der Waals surface area contributed by atoms with Crippen molar-refractivity contribution in [3.05, 3.63) is 64.7 Å². The van der Waals surface area contributed by atoms with E-state index in [0.717, 1.165) is 12.8 Å². The fourth-order valence-electron chi connectivity index (χ4n) is 2.79. The lowest BCUT2D eigenvalue weighted by Crippen LogP contribution is -2.36. The molecule has 0 fully saturated rings. The van der Waals surface area contributed by atoms with Crippen molar-refractivity contribution < 1.29 is 20.8 Å². The Hall–Kier alpha value is -2.53. The molecule has 0 heterocycles. The Labute approximate surface area is 178 Å². The molecule has 29 heavy (non-hydrogen) atoms. The van der Waals surface area contributed by atoms with Crippen LogP contribution in [0.5, 0.6) is 5.75 Å². The molecule has 5 nitrogen and oxygen atoms in total. The molecule has 0 saturated carbocycles. The van der Waals surface area contributed by atoms with Crippen LogP contribution in [0.2, 0.25) is 5.02 Å². The third-order valence-corrected chi connectivity index (χ3v) is 4.62. The number of halogens is 1. The number of hydrogen-bond donors (Lipinski definition) is 1. The van der Waals surface area contributed by atoms with Crippen LogP contribution in [0.4, 0.5) is 0 Å². The normalized spacial score (nSPS) is 12.3. The number of amides is 1. The number of hydrogen-bond acceptors (Lipinski definition) is 3. The van der Waals surface area contributed by atoms with Crippen molar-refractivity contribution >= 4 is 23.5 Å². The zero-order valence-corrected chi connectivity index (χ0v) is 17.6. The van der Waals surface area contributed by atoms with E-state index in [2.05, 4.69) is 0 Å². The van der Waals surface area contributed by atoms with E-state index in [9.17, 15) is 9.59 Å². The first kappa shape index (κ1) is 21.2. The van der Waals surface area contributed by atoms with Crippen molar-refractivity contribution in [2.24, 2.45) is 0 Å². The van der Waals surface area contributed by atoms with Crippen LogP contribution in [0.3, 0.4) is 0 Å². The summed E-state index contributed by atoms with van der Waals surface area (Å²) in [5, 5.41) is 9.24. The summed E-state index contributed by atoms with van der Waals surface area (Å²) in [6.45, 7) is 3.25. The van der Waals surface area contributed by atoms with E-state index < -0.39 is 12.5 Å². The highest BCUT2D eigenvalue weighted by atomic mass is 35.5. The van der Waals surface area contributed by atoms with Gasteiger partial charge in [0.1, 0.15) is 5.75 Å². The highest BCUT2D eigenvalue weighted by Gasteiger charge is 2.20. The molecule has 0 bridgehead atoms. The average Bonchev–Trinajstić information content (AvgIpc) is 2.71. The van der Waals surface area contributed by atoms with Gasteiger partial charge < -0.3 is 14.7 Å². The molecule has 1 amide bonds. The summed E-state index contributed by atoms with van der Waals surface area (Å²) in [4.78, 5) is 25.2. The molecular formula is C23H28ClNO4. The summed E-state index contributed by atoms with van der Waals surface area (Å²) in [6.07, 6.45) is 2.24. The molecule has 2 aromatic carbocycles. The van der Waals surface area contributed by atoms with Crippen LogP contribution in [0.25, 0.3) is 0 Å². The molecule has 2 rings (SSSR count). The third-order valence-electron chi connectivity index (χ3n) is 4.37. The lowest BCUT2D eigenvalue weighted by molar-refractivity contribution is -0.137. The fraction of sp³-hybridized carbons (Fsp3) is 0.391. The van der Waals surface area contributed by atoms with Crippen molar-refractivity contribution in [1.82, 2.24) is 4.90 Å². The minimum Gasteiger partial charge on any atom is -0.493 e. The second-order valence-corrected chi connectivity index (χ2v) is 7.47. The molecule has 0 radical (unpaired) electrons. The number of unbranched alkanes of at least 4 members (excludes halogenated alkanes) is 2. The molecular weight excluding hydrogens is 390 g/mol. The van der Waals surface area contributed by atoms with Gasteiger partial charge in [-0.05, 0) is 63.4 Å².